The molecule has 0 bridgehead atoms. The molecular weight excluding hydrogens is 392 g/mol. The van der Waals surface area contributed by atoms with E-state index in [1.807, 2.05) is 13.8 Å². The van der Waals surface area contributed by atoms with E-state index < -0.39 is 19.7 Å². The molecule has 0 unspecified atom stereocenters. The van der Waals surface area contributed by atoms with Crippen molar-refractivity contribution in [3.63, 3.8) is 0 Å². The van der Waals surface area contributed by atoms with E-state index in [9.17, 15) is 16.8 Å². The van der Waals surface area contributed by atoms with Crippen LogP contribution in [0.3, 0.4) is 0 Å². The predicted octanol–water partition coefficient (Wildman–Crippen LogP) is 4.25. The Balaban J connectivity index is 1.74. The molecule has 0 fully saturated rings. The second-order valence-electron chi connectivity index (χ2n) is 6.96. The number of rotatable bonds is 6. The van der Waals surface area contributed by atoms with E-state index in [-0.39, 0.29) is 21.3 Å². The van der Waals surface area contributed by atoms with Gasteiger partial charge in [-0.3, -0.25) is 0 Å². The summed E-state index contributed by atoms with van der Waals surface area (Å²) in [5.74, 6) is -0.248. The average molecular weight is 415 g/mol. The van der Waals surface area contributed by atoms with E-state index in [0.717, 1.165) is 11.1 Å². The van der Waals surface area contributed by atoms with E-state index in [1.165, 1.54) is 0 Å². The zero-order chi connectivity index (χ0) is 20.4. The third kappa shape index (κ3) is 4.88. The minimum atomic E-state index is -3.44. The average Bonchev–Trinajstić information content (AvgIpc) is 2.64. The molecule has 0 heterocycles. The molecule has 146 valence electrons. The minimum Gasteiger partial charge on any atom is -0.223 e. The summed E-state index contributed by atoms with van der Waals surface area (Å²) >= 11 is 0. The largest absolute Gasteiger partial charge is 0.223 e. The smallest absolute Gasteiger partial charge is 0.182 e. The predicted molar refractivity (Wildman–Crippen MR) is 111 cm³/mol. The van der Waals surface area contributed by atoms with Crippen LogP contribution in [0.4, 0.5) is 0 Å². The Morgan fingerprint density at radius 2 is 0.786 bits per heavy atom. The molecule has 0 spiro atoms. The second-order valence-corrected chi connectivity index (χ2v) is 10.9. The van der Waals surface area contributed by atoms with Crippen molar-refractivity contribution in [3.8, 4) is 0 Å². The Bertz CT molecular complexity index is 1060. The summed E-state index contributed by atoms with van der Waals surface area (Å²) in [6.45, 7) is 3.81. The number of sulfone groups is 2. The Hall–Kier alpha value is -2.44. The van der Waals surface area contributed by atoms with Gasteiger partial charge < -0.3 is 0 Å². The first kappa shape index (κ1) is 20.3. The van der Waals surface area contributed by atoms with Gasteiger partial charge in [0.25, 0.3) is 0 Å². The fraction of sp³-hybridized carbons (Fsp3) is 0.182. The molecule has 3 rings (SSSR count). The minimum absolute atomic E-state index is 0.124. The van der Waals surface area contributed by atoms with E-state index >= 15 is 0 Å². The highest BCUT2D eigenvalue weighted by Gasteiger charge is 2.17. The van der Waals surface area contributed by atoms with Crippen LogP contribution in [0.2, 0.25) is 0 Å². The standard InChI is InChI=1S/C22H22O4S2/c1-17-3-11-21(12-4-17)27(23,24)15-19-7-9-20(10-8-19)16-28(25,26)22-13-5-18(2)6-14-22/h3-14H,15-16H2,1-2H3. The van der Waals surface area contributed by atoms with Crippen molar-refractivity contribution in [1.29, 1.82) is 0 Å². The summed E-state index contributed by atoms with van der Waals surface area (Å²) < 4.78 is 50.2. The summed E-state index contributed by atoms with van der Waals surface area (Å²) in [5.41, 5.74) is 3.24. The summed E-state index contributed by atoms with van der Waals surface area (Å²) in [5, 5.41) is 0. The molecule has 6 heteroatoms. The van der Waals surface area contributed by atoms with Gasteiger partial charge >= 0.3 is 0 Å². The molecule has 28 heavy (non-hydrogen) atoms. The molecule has 0 amide bonds. The Morgan fingerprint density at radius 1 is 0.500 bits per heavy atom. The molecule has 4 nitrogen and oxygen atoms in total. The zero-order valence-corrected chi connectivity index (χ0v) is 17.4. The van der Waals surface area contributed by atoms with Crippen LogP contribution >= 0.6 is 0 Å². The highest BCUT2D eigenvalue weighted by Crippen LogP contribution is 2.20. The molecule has 3 aromatic rings. The summed E-state index contributed by atoms with van der Waals surface area (Å²) in [6, 6.07) is 20.2. The lowest BCUT2D eigenvalue weighted by molar-refractivity contribution is 0.593. The second kappa shape index (κ2) is 7.89. The molecule has 3 aromatic carbocycles. The van der Waals surface area contributed by atoms with Gasteiger partial charge in [-0.25, -0.2) is 16.8 Å². The lowest BCUT2D eigenvalue weighted by Crippen LogP contribution is -2.07. The van der Waals surface area contributed by atoms with Gasteiger partial charge in [0, 0.05) is 0 Å². The summed E-state index contributed by atoms with van der Waals surface area (Å²) in [6.07, 6.45) is 0. The fourth-order valence-corrected chi connectivity index (χ4v) is 5.53. The molecule has 0 aliphatic rings. The van der Waals surface area contributed by atoms with Crippen LogP contribution in [0.1, 0.15) is 22.3 Å². The molecule has 0 aromatic heterocycles. The van der Waals surface area contributed by atoms with Crippen LogP contribution in [0.25, 0.3) is 0 Å². The van der Waals surface area contributed by atoms with Gasteiger partial charge in [-0.1, -0.05) is 59.7 Å². The highest BCUT2D eigenvalue weighted by molar-refractivity contribution is 7.91. The molecule has 0 aliphatic heterocycles. The third-order valence-electron chi connectivity index (χ3n) is 4.50. The molecule has 0 saturated heterocycles. The van der Waals surface area contributed by atoms with Crippen molar-refractivity contribution in [1.82, 2.24) is 0 Å². The maximum atomic E-state index is 12.5. The molecule has 0 radical (unpaired) electrons. The number of aryl methyl sites for hydroxylation is 2. The van der Waals surface area contributed by atoms with Crippen molar-refractivity contribution in [3.05, 3.63) is 95.1 Å². The maximum absolute atomic E-state index is 12.5. The van der Waals surface area contributed by atoms with Gasteiger partial charge in [-0.2, -0.15) is 0 Å². The molecule has 0 atom stereocenters. The van der Waals surface area contributed by atoms with Crippen LogP contribution in [0.15, 0.2) is 82.6 Å². The zero-order valence-electron chi connectivity index (χ0n) is 15.8. The van der Waals surface area contributed by atoms with Crippen LogP contribution in [0.5, 0.6) is 0 Å². The summed E-state index contributed by atoms with van der Waals surface area (Å²) in [7, 11) is -6.89. The first-order chi connectivity index (χ1) is 13.2. The molecule has 0 N–H and O–H groups in total. The Morgan fingerprint density at radius 3 is 1.07 bits per heavy atom. The SMILES string of the molecule is Cc1ccc(S(=O)(=O)Cc2ccc(CS(=O)(=O)c3ccc(C)cc3)cc2)cc1. The first-order valence-corrected chi connectivity index (χ1v) is 12.1. The molecular formula is C22H22O4S2. The van der Waals surface area contributed by atoms with Gasteiger partial charge in [0.05, 0.1) is 21.3 Å². The highest BCUT2D eigenvalue weighted by atomic mass is 32.2. The van der Waals surface area contributed by atoms with Gasteiger partial charge in [-0.05, 0) is 49.2 Å². The lowest BCUT2D eigenvalue weighted by atomic mass is 10.2. The fourth-order valence-electron chi connectivity index (χ4n) is 2.83. The van der Waals surface area contributed by atoms with Gasteiger partial charge in [0.1, 0.15) is 0 Å². The van der Waals surface area contributed by atoms with E-state index in [1.54, 1.807) is 72.8 Å². The van der Waals surface area contributed by atoms with Gasteiger partial charge in [0.15, 0.2) is 19.7 Å². The van der Waals surface area contributed by atoms with E-state index in [4.69, 9.17) is 0 Å². The molecule has 0 aliphatic carbocycles. The van der Waals surface area contributed by atoms with E-state index in [2.05, 4.69) is 0 Å². The van der Waals surface area contributed by atoms with Crippen molar-refractivity contribution in [2.24, 2.45) is 0 Å². The Labute approximate surface area is 166 Å². The van der Waals surface area contributed by atoms with Gasteiger partial charge in [-0.15, -0.1) is 0 Å². The summed E-state index contributed by atoms with van der Waals surface area (Å²) in [4.78, 5) is 0.563. The van der Waals surface area contributed by atoms with Crippen molar-refractivity contribution in [2.75, 3.05) is 0 Å². The van der Waals surface area contributed by atoms with Crippen LogP contribution in [0, 0.1) is 13.8 Å². The number of hydrogen-bond donors (Lipinski definition) is 0. The van der Waals surface area contributed by atoms with Crippen molar-refractivity contribution >= 4 is 19.7 Å². The quantitative estimate of drug-likeness (QED) is 0.605. The topological polar surface area (TPSA) is 68.3 Å². The van der Waals surface area contributed by atoms with Crippen LogP contribution < -0.4 is 0 Å². The maximum Gasteiger partial charge on any atom is 0.182 e. The third-order valence-corrected chi connectivity index (χ3v) is 7.90. The Kier molecular flexibility index (Phi) is 5.72. The van der Waals surface area contributed by atoms with Crippen LogP contribution in [-0.4, -0.2) is 16.8 Å². The first-order valence-electron chi connectivity index (χ1n) is 8.82. The van der Waals surface area contributed by atoms with Crippen molar-refractivity contribution < 1.29 is 16.8 Å². The monoisotopic (exact) mass is 414 g/mol. The van der Waals surface area contributed by atoms with Crippen molar-refractivity contribution in [2.45, 2.75) is 35.1 Å². The molecule has 0 saturated carbocycles. The van der Waals surface area contributed by atoms with Crippen LogP contribution in [-0.2, 0) is 31.2 Å². The normalized spacial score (nSPS) is 12.1. The lowest BCUT2D eigenvalue weighted by Gasteiger charge is -2.08. The van der Waals surface area contributed by atoms with Gasteiger partial charge in [0.2, 0.25) is 0 Å². The van der Waals surface area contributed by atoms with E-state index in [0.29, 0.717) is 11.1 Å². The number of benzene rings is 3. The number of hydrogen-bond acceptors (Lipinski definition) is 4.